The Balaban J connectivity index is 1.15. The zero-order valence-electron chi connectivity index (χ0n) is 20.8. The molecule has 0 spiro atoms. The van der Waals surface area contributed by atoms with Crippen LogP contribution in [0.15, 0.2) is 71.7 Å². The van der Waals surface area contributed by atoms with Crippen molar-refractivity contribution in [2.75, 3.05) is 36.0 Å². The third-order valence-corrected chi connectivity index (χ3v) is 7.31. The number of rotatable bonds is 7. The molecule has 1 aromatic heterocycles. The molecule has 0 radical (unpaired) electrons. The minimum absolute atomic E-state index is 0.0742. The minimum Gasteiger partial charge on any atom is -0.372 e. The van der Waals surface area contributed by atoms with E-state index in [1.807, 2.05) is 30.3 Å². The highest BCUT2D eigenvalue weighted by atomic mass is 16.2. The highest BCUT2D eigenvalue weighted by Gasteiger charge is 2.26. The number of benzene rings is 2. The van der Waals surface area contributed by atoms with Gasteiger partial charge in [0.2, 0.25) is 5.91 Å². The van der Waals surface area contributed by atoms with E-state index in [1.54, 1.807) is 12.3 Å². The zero-order valence-corrected chi connectivity index (χ0v) is 20.8. The van der Waals surface area contributed by atoms with Crippen LogP contribution in [0, 0.1) is 5.92 Å². The Bertz CT molecular complexity index is 1200. The van der Waals surface area contributed by atoms with Gasteiger partial charge in [-0.25, -0.2) is 4.68 Å². The molecule has 0 saturated carbocycles. The van der Waals surface area contributed by atoms with Crippen molar-refractivity contribution < 1.29 is 4.79 Å². The first-order valence-electron chi connectivity index (χ1n) is 13.1. The molecular weight excluding hydrogens is 450 g/mol. The molecule has 3 heterocycles. The first-order chi connectivity index (χ1) is 17.7. The third-order valence-electron chi connectivity index (χ3n) is 7.31. The predicted octanol–water partition coefficient (Wildman–Crippen LogP) is 3.81. The smallest absolute Gasteiger partial charge is 0.269 e. The second-order valence-corrected chi connectivity index (χ2v) is 9.91. The van der Waals surface area contributed by atoms with Crippen molar-refractivity contribution in [1.82, 2.24) is 15.1 Å². The van der Waals surface area contributed by atoms with Gasteiger partial charge in [-0.05, 0) is 55.4 Å². The van der Waals surface area contributed by atoms with Gasteiger partial charge in [0.25, 0.3) is 5.56 Å². The van der Waals surface area contributed by atoms with E-state index in [-0.39, 0.29) is 17.4 Å². The molecule has 5 rings (SSSR count). The Hall–Kier alpha value is -3.61. The molecule has 1 amide bonds. The Kier molecular flexibility index (Phi) is 7.64. The summed E-state index contributed by atoms with van der Waals surface area (Å²) in [6.07, 6.45) is 7.36. The van der Waals surface area contributed by atoms with Crippen molar-refractivity contribution in [3.8, 4) is 0 Å². The van der Waals surface area contributed by atoms with E-state index in [1.165, 1.54) is 29.6 Å². The van der Waals surface area contributed by atoms with Gasteiger partial charge in [0.1, 0.15) is 0 Å². The molecule has 0 bridgehead atoms. The van der Waals surface area contributed by atoms with Gasteiger partial charge in [-0.2, -0.15) is 5.10 Å². The van der Waals surface area contributed by atoms with Crippen LogP contribution in [0.4, 0.5) is 11.4 Å². The van der Waals surface area contributed by atoms with Gasteiger partial charge in [0, 0.05) is 44.5 Å². The summed E-state index contributed by atoms with van der Waals surface area (Å²) >= 11 is 0. The van der Waals surface area contributed by atoms with Crippen LogP contribution in [-0.2, 0) is 17.9 Å². The van der Waals surface area contributed by atoms with Crippen molar-refractivity contribution >= 4 is 17.3 Å². The minimum atomic E-state index is -0.129. The molecule has 1 unspecified atom stereocenters. The van der Waals surface area contributed by atoms with Crippen LogP contribution in [0.3, 0.4) is 0 Å². The van der Waals surface area contributed by atoms with E-state index in [2.05, 4.69) is 44.5 Å². The van der Waals surface area contributed by atoms with Gasteiger partial charge < -0.3 is 15.1 Å². The number of carbonyl (C=O) groups is 1. The molecule has 2 aliphatic heterocycles. The predicted molar refractivity (Wildman–Crippen MR) is 143 cm³/mol. The quantitative estimate of drug-likeness (QED) is 0.551. The number of nitrogens with one attached hydrogen (secondary N) is 1. The van der Waals surface area contributed by atoms with Gasteiger partial charge in [0.15, 0.2) is 0 Å². The van der Waals surface area contributed by atoms with Crippen molar-refractivity contribution in [1.29, 1.82) is 0 Å². The van der Waals surface area contributed by atoms with Crippen LogP contribution in [0.2, 0.25) is 0 Å². The van der Waals surface area contributed by atoms with E-state index in [4.69, 9.17) is 0 Å². The molecule has 7 nitrogen and oxygen atoms in total. The molecule has 1 N–H and O–H groups in total. The highest BCUT2D eigenvalue weighted by Crippen LogP contribution is 2.23. The van der Waals surface area contributed by atoms with Crippen molar-refractivity contribution in [2.24, 2.45) is 5.92 Å². The molecule has 2 aliphatic rings. The third kappa shape index (κ3) is 5.96. The van der Waals surface area contributed by atoms with E-state index < -0.39 is 0 Å². The maximum absolute atomic E-state index is 13.0. The van der Waals surface area contributed by atoms with E-state index in [0.717, 1.165) is 49.3 Å². The maximum Gasteiger partial charge on any atom is 0.269 e. The zero-order chi connectivity index (χ0) is 24.7. The fourth-order valence-corrected chi connectivity index (χ4v) is 5.21. The highest BCUT2D eigenvalue weighted by molar-refractivity contribution is 5.79. The van der Waals surface area contributed by atoms with E-state index in [0.29, 0.717) is 19.6 Å². The second kappa shape index (κ2) is 11.4. The summed E-state index contributed by atoms with van der Waals surface area (Å²) in [6, 6.07) is 20.1. The average Bonchev–Trinajstić information content (AvgIpc) is 2.94. The van der Waals surface area contributed by atoms with Crippen molar-refractivity contribution in [2.45, 2.75) is 45.2 Å². The summed E-state index contributed by atoms with van der Waals surface area (Å²) in [6.45, 7) is 4.67. The van der Waals surface area contributed by atoms with Crippen LogP contribution >= 0.6 is 0 Å². The van der Waals surface area contributed by atoms with Crippen LogP contribution in [0.5, 0.6) is 0 Å². The summed E-state index contributed by atoms with van der Waals surface area (Å²) in [5, 5.41) is 7.52. The van der Waals surface area contributed by atoms with Gasteiger partial charge in [-0.3, -0.25) is 9.59 Å². The number of nitrogens with zero attached hydrogens (tertiary/aromatic N) is 4. The summed E-state index contributed by atoms with van der Waals surface area (Å²) in [5.74, 6) is -0.0247. The number of anilines is 2. The molecule has 2 aromatic carbocycles. The Morgan fingerprint density at radius 2 is 1.61 bits per heavy atom. The number of hydrogen-bond acceptors (Lipinski definition) is 5. The monoisotopic (exact) mass is 485 g/mol. The van der Waals surface area contributed by atoms with Gasteiger partial charge in [-0.1, -0.05) is 42.5 Å². The number of piperidine rings is 2. The number of amides is 1. The standard InChI is InChI=1S/C29H35N5O2/c35-28-18-27(20-31-34(28)21-24-8-3-1-4-9-24)33-17-7-10-25(22-33)29(36)30-19-23-11-13-26(14-12-23)32-15-5-2-6-16-32/h1,3-4,8-9,11-14,18,20,25H,2,5-7,10,15-17,19,21-22H2,(H,30,36). The van der Waals surface area contributed by atoms with Gasteiger partial charge >= 0.3 is 0 Å². The Labute approximate surface area is 212 Å². The number of carbonyl (C=O) groups excluding carboxylic acids is 1. The lowest BCUT2D eigenvalue weighted by molar-refractivity contribution is -0.125. The average molecular weight is 486 g/mol. The molecule has 0 aliphatic carbocycles. The van der Waals surface area contributed by atoms with E-state index >= 15 is 0 Å². The topological polar surface area (TPSA) is 70.5 Å². The SMILES string of the molecule is O=C(NCc1ccc(N2CCCCC2)cc1)C1CCCN(c2cnn(Cc3ccccc3)c(=O)c2)C1. The molecule has 188 valence electrons. The summed E-state index contributed by atoms with van der Waals surface area (Å²) < 4.78 is 1.48. The lowest BCUT2D eigenvalue weighted by Gasteiger charge is -2.33. The molecule has 7 heteroatoms. The molecular formula is C29H35N5O2. The van der Waals surface area contributed by atoms with Crippen LogP contribution < -0.4 is 20.7 Å². The van der Waals surface area contributed by atoms with Gasteiger partial charge in [-0.15, -0.1) is 0 Å². The Morgan fingerprint density at radius 1 is 0.861 bits per heavy atom. The lowest BCUT2D eigenvalue weighted by atomic mass is 9.96. The first-order valence-corrected chi connectivity index (χ1v) is 13.1. The van der Waals surface area contributed by atoms with E-state index in [9.17, 15) is 9.59 Å². The molecule has 2 saturated heterocycles. The van der Waals surface area contributed by atoms with Crippen molar-refractivity contribution in [3.05, 3.63) is 88.3 Å². The normalized spacial score (nSPS) is 18.2. The summed E-state index contributed by atoms with van der Waals surface area (Å²) in [4.78, 5) is 30.2. The maximum atomic E-state index is 13.0. The number of hydrogen-bond donors (Lipinski definition) is 1. The van der Waals surface area contributed by atoms with Crippen LogP contribution in [0.1, 0.15) is 43.2 Å². The van der Waals surface area contributed by atoms with Crippen LogP contribution in [-0.4, -0.2) is 41.9 Å². The molecule has 36 heavy (non-hydrogen) atoms. The largest absolute Gasteiger partial charge is 0.372 e. The second-order valence-electron chi connectivity index (χ2n) is 9.91. The summed E-state index contributed by atoms with van der Waals surface area (Å²) in [7, 11) is 0. The van der Waals surface area contributed by atoms with Crippen molar-refractivity contribution in [3.63, 3.8) is 0 Å². The molecule has 3 aromatic rings. The fourth-order valence-electron chi connectivity index (χ4n) is 5.21. The number of aromatic nitrogens is 2. The van der Waals surface area contributed by atoms with Gasteiger partial charge in [0.05, 0.1) is 24.3 Å². The first kappa shape index (κ1) is 24.1. The van der Waals surface area contributed by atoms with Crippen LogP contribution in [0.25, 0.3) is 0 Å². The molecule has 2 fully saturated rings. The Morgan fingerprint density at radius 3 is 2.36 bits per heavy atom. The fraction of sp³-hybridized carbons (Fsp3) is 0.414. The summed E-state index contributed by atoms with van der Waals surface area (Å²) in [5.41, 5.74) is 4.08. The lowest BCUT2D eigenvalue weighted by Crippen LogP contribution is -2.43. The molecule has 1 atom stereocenters.